The predicted octanol–water partition coefficient (Wildman–Crippen LogP) is 1.22. The van der Waals surface area contributed by atoms with Crippen molar-refractivity contribution in [3.8, 4) is 12.1 Å². The summed E-state index contributed by atoms with van der Waals surface area (Å²) in [6.07, 6.45) is 0.547. The van der Waals surface area contributed by atoms with Crippen molar-refractivity contribution in [3.05, 3.63) is 0 Å². The molecule has 16 heavy (non-hydrogen) atoms. The summed E-state index contributed by atoms with van der Waals surface area (Å²) in [4.78, 5) is 24.1. The van der Waals surface area contributed by atoms with E-state index < -0.39 is 22.7 Å². The summed E-state index contributed by atoms with van der Waals surface area (Å²) in [6.45, 7) is 3.45. The molecule has 0 amide bonds. The molecule has 0 bridgehead atoms. The Labute approximate surface area is 93.9 Å². The number of hydrogen-bond acceptors (Lipinski definition) is 4. The largest absolute Gasteiger partial charge is 0.298 e. The van der Waals surface area contributed by atoms with Crippen LogP contribution in [0.1, 0.15) is 26.7 Å². The monoisotopic (exact) mass is 216 g/mol. The fourth-order valence-electron chi connectivity index (χ4n) is 3.18. The van der Waals surface area contributed by atoms with Crippen molar-refractivity contribution < 1.29 is 9.59 Å². The Hall–Kier alpha value is -1.68. The second-order valence-corrected chi connectivity index (χ2v) is 5.16. The summed E-state index contributed by atoms with van der Waals surface area (Å²) in [7, 11) is 0. The number of fused-ring (bicyclic) bond motifs is 1. The van der Waals surface area contributed by atoms with Gasteiger partial charge in [0.1, 0.15) is 11.8 Å². The van der Waals surface area contributed by atoms with Crippen LogP contribution in [-0.2, 0) is 9.59 Å². The van der Waals surface area contributed by atoms with E-state index in [1.165, 1.54) is 0 Å². The van der Waals surface area contributed by atoms with Gasteiger partial charge in [-0.15, -0.1) is 0 Å². The van der Waals surface area contributed by atoms with E-state index in [9.17, 15) is 9.59 Å². The first-order valence-electron chi connectivity index (χ1n) is 5.28. The Morgan fingerprint density at radius 2 is 1.31 bits per heavy atom. The Balaban J connectivity index is 2.52. The van der Waals surface area contributed by atoms with E-state index in [4.69, 9.17) is 10.5 Å². The van der Waals surface area contributed by atoms with Gasteiger partial charge in [-0.3, -0.25) is 9.59 Å². The summed E-state index contributed by atoms with van der Waals surface area (Å²) in [5.41, 5.74) is -1.63. The van der Waals surface area contributed by atoms with Gasteiger partial charge in [0.15, 0.2) is 11.6 Å². The Bertz CT molecular complexity index is 426. The first-order chi connectivity index (χ1) is 7.40. The summed E-state index contributed by atoms with van der Waals surface area (Å²) in [5, 5.41) is 17.8. The molecule has 0 N–H and O–H groups in total. The van der Waals surface area contributed by atoms with Gasteiger partial charge >= 0.3 is 0 Å². The van der Waals surface area contributed by atoms with Gasteiger partial charge in [-0.2, -0.15) is 10.5 Å². The minimum Gasteiger partial charge on any atom is -0.298 e. The molecule has 2 fully saturated rings. The van der Waals surface area contributed by atoms with Crippen LogP contribution in [0, 0.1) is 45.3 Å². The molecule has 0 heterocycles. The van der Waals surface area contributed by atoms with Crippen molar-refractivity contribution in [2.75, 3.05) is 0 Å². The van der Waals surface area contributed by atoms with E-state index >= 15 is 0 Å². The van der Waals surface area contributed by atoms with Crippen molar-refractivity contribution in [2.45, 2.75) is 26.7 Å². The molecule has 0 aromatic rings. The lowest BCUT2D eigenvalue weighted by molar-refractivity contribution is -0.134. The molecular formula is C12H12N2O2. The zero-order valence-electron chi connectivity index (χ0n) is 9.28. The lowest BCUT2D eigenvalue weighted by Crippen LogP contribution is -2.36. The van der Waals surface area contributed by atoms with Crippen LogP contribution in [0.15, 0.2) is 0 Å². The molecule has 4 nitrogen and oxygen atoms in total. The van der Waals surface area contributed by atoms with Gasteiger partial charge < -0.3 is 0 Å². The summed E-state index contributed by atoms with van der Waals surface area (Å²) < 4.78 is 0. The van der Waals surface area contributed by atoms with Gasteiger partial charge in [-0.1, -0.05) is 13.8 Å². The maximum Gasteiger partial charge on any atom is 0.156 e. The number of nitrogens with zero attached hydrogens (tertiary/aromatic N) is 2. The molecular weight excluding hydrogens is 204 g/mol. The van der Waals surface area contributed by atoms with E-state index in [2.05, 4.69) is 0 Å². The molecule has 0 saturated heterocycles. The first kappa shape index (κ1) is 10.8. The van der Waals surface area contributed by atoms with Crippen LogP contribution in [0.2, 0.25) is 0 Å². The van der Waals surface area contributed by atoms with Crippen LogP contribution in [-0.4, -0.2) is 11.6 Å². The number of rotatable bonds is 0. The van der Waals surface area contributed by atoms with Crippen LogP contribution >= 0.6 is 0 Å². The van der Waals surface area contributed by atoms with Crippen molar-refractivity contribution in [1.82, 2.24) is 0 Å². The minimum absolute atomic E-state index is 0.163. The Morgan fingerprint density at radius 1 is 1.00 bits per heavy atom. The van der Waals surface area contributed by atoms with Crippen LogP contribution < -0.4 is 0 Å². The lowest BCUT2D eigenvalue weighted by Gasteiger charge is -2.30. The molecule has 2 aliphatic rings. The van der Waals surface area contributed by atoms with Gasteiger partial charge in [0, 0.05) is 10.8 Å². The molecule has 0 aromatic carbocycles. The molecule has 4 heteroatoms. The van der Waals surface area contributed by atoms with E-state index in [0.717, 1.165) is 0 Å². The van der Waals surface area contributed by atoms with Crippen molar-refractivity contribution >= 4 is 11.6 Å². The number of carbonyl (C=O) groups is 2. The van der Waals surface area contributed by atoms with Gasteiger partial charge in [0.25, 0.3) is 0 Å². The summed E-state index contributed by atoms with van der Waals surface area (Å²) >= 11 is 0. The maximum absolute atomic E-state index is 12.1. The second kappa shape index (κ2) is 2.92. The average Bonchev–Trinajstić information content (AvgIpc) is 2.58. The van der Waals surface area contributed by atoms with Gasteiger partial charge in [0.05, 0.1) is 12.1 Å². The zero-order chi connectivity index (χ0) is 12.1. The molecule has 2 rings (SSSR count). The summed E-state index contributed by atoms with van der Waals surface area (Å²) in [6, 6.07) is 3.92. The van der Waals surface area contributed by atoms with Gasteiger partial charge in [-0.05, 0) is 12.8 Å². The maximum atomic E-state index is 12.1. The number of carbonyl (C=O) groups excluding carboxylic acids is 2. The highest BCUT2D eigenvalue weighted by atomic mass is 16.1. The number of ketones is 2. The van der Waals surface area contributed by atoms with Crippen LogP contribution in [0.4, 0.5) is 0 Å². The lowest BCUT2D eigenvalue weighted by atomic mass is 9.70. The highest BCUT2D eigenvalue weighted by Crippen LogP contribution is 2.61. The predicted molar refractivity (Wildman–Crippen MR) is 53.7 cm³/mol. The van der Waals surface area contributed by atoms with E-state index in [1.807, 2.05) is 12.1 Å². The number of hydrogen-bond donors (Lipinski definition) is 0. The SMILES string of the molecule is CC12CC(C#N)C(=O)C1(C)CC(C#N)C2=O. The highest BCUT2D eigenvalue weighted by Gasteiger charge is 2.68. The van der Waals surface area contributed by atoms with E-state index in [0.29, 0.717) is 0 Å². The molecule has 4 atom stereocenters. The molecule has 0 radical (unpaired) electrons. The number of Topliss-reactive ketones (excluding diaryl/α,β-unsaturated/α-hetero) is 2. The standard InChI is InChI=1S/C12H12N2O2/c1-11-3-7(5-13)10(16)12(11,2)4-8(6-14)9(11)15/h7-8H,3-4H2,1-2H3. The summed E-state index contributed by atoms with van der Waals surface area (Å²) in [5.74, 6) is -1.69. The zero-order valence-corrected chi connectivity index (χ0v) is 9.28. The third-order valence-electron chi connectivity index (χ3n) is 4.47. The fraction of sp³-hybridized carbons (Fsp3) is 0.667. The molecule has 2 saturated carbocycles. The normalized spacial score (nSPS) is 46.2. The molecule has 0 aromatic heterocycles. The van der Waals surface area contributed by atoms with Crippen LogP contribution in [0.3, 0.4) is 0 Å². The molecule has 82 valence electrons. The Kier molecular flexibility index (Phi) is 1.97. The van der Waals surface area contributed by atoms with Crippen molar-refractivity contribution in [3.63, 3.8) is 0 Å². The van der Waals surface area contributed by atoms with Crippen LogP contribution in [0.5, 0.6) is 0 Å². The number of nitriles is 2. The van der Waals surface area contributed by atoms with E-state index in [1.54, 1.807) is 13.8 Å². The van der Waals surface area contributed by atoms with Crippen molar-refractivity contribution in [1.29, 1.82) is 10.5 Å². The average molecular weight is 216 g/mol. The smallest absolute Gasteiger partial charge is 0.156 e. The quantitative estimate of drug-likeness (QED) is 0.609. The second-order valence-electron chi connectivity index (χ2n) is 5.16. The van der Waals surface area contributed by atoms with Crippen LogP contribution in [0.25, 0.3) is 0 Å². The third-order valence-corrected chi connectivity index (χ3v) is 4.47. The van der Waals surface area contributed by atoms with Crippen molar-refractivity contribution in [2.24, 2.45) is 22.7 Å². The molecule has 0 aliphatic heterocycles. The molecule has 0 spiro atoms. The highest BCUT2D eigenvalue weighted by molar-refractivity contribution is 6.05. The third kappa shape index (κ3) is 0.925. The Morgan fingerprint density at radius 3 is 1.56 bits per heavy atom. The molecule has 4 unspecified atom stereocenters. The fourth-order valence-corrected chi connectivity index (χ4v) is 3.18. The van der Waals surface area contributed by atoms with Gasteiger partial charge in [-0.25, -0.2) is 0 Å². The topological polar surface area (TPSA) is 81.7 Å². The van der Waals surface area contributed by atoms with Gasteiger partial charge in [0.2, 0.25) is 0 Å². The first-order valence-corrected chi connectivity index (χ1v) is 5.28. The molecule has 2 aliphatic carbocycles. The van der Waals surface area contributed by atoms with E-state index in [-0.39, 0.29) is 24.4 Å². The minimum atomic E-state index is -0.815.